The van der Waals surface area contributed by atoms with Crippen molar-refractivity contribution in [2.45, 2.75) is 6.92 Å². The van der Waals surface area contributed by atoms with Gasteiger partial charge in [0, 0.05) is 13.6 Å². The molecule has 2 N–H and O–H groups in total. The third-order valence-electron chi connectivity index (χ3n) is 2.10. The highest BCUT2D eigenvalue weighted by Crippen LogP contribution is 2.11. The number of nitrogens with zero attached hydrogens (tertiary/aromatic N) is 2. The molecule has 1 rings (SSSR count). The maximum atomic E-state index is 11.5. The number of hydrogen-bond donors (Lipinski definition) is 2. The Morgan fingerprint density at radius 2 is 2.38 bits per heavy atom. The molecule has 6 nitrogen and oxygen atoms in total. The van der Waals surface area contributed by atoms with Crippen molar-refractivity contribution in [3.8, 4) is 0 Å². The number of amides is 1. The van der Waals surface area contributed by atoms with Gasteiger partial charge in [0.05, 0.1) is 12.9 Å². The molecule has 1 amide bonds. The van der Waals surface area contributed by atoms with Gasteiger partial charge in [-0.05, 0) is 6.92 Å². The number of hydrogen-bond acceptors (Lipinski definition) is 4. The molecule has 16 heavy (non-hydrogen) atoms. The highest BCUT2D eigenvalue weighted by atomic mass is 35.5. The normalized spacial score (nSPS) is 9.94. The van der Waals surface area contributed by atoms with Gasteiger partial charge < -0.3 is 15.2 Å². The molecule has 0 aromatic carbocycles. The second-order valence-electron chi connectivity index (χ2n) is 3.16. The van der Waals surface area contributed by atoms with Gasteiger partial charge >= 0.3 is 0 Å². The van der Waals surface area contributed by atoms with Gasteiger partial charge in [-0.25, -0.2) is 4.98 Å². The predicted octanol–water partition coefficient (Wildman–Crippen LogP) is 0.314. The van der Waals surface area contributed by atoms with E-state index in [9.17, 15) is 9.59 Å². The molecule has 88 valence electrons. The minimum absolute atomic E-state index is 0.0468. The van der Waals surface area contributed by atoms with E-state index >= 15 is 0 Å². The smallest absolute Gasteiger partial charge is 0.271 e. The van der Waals surface area contributed by atoms with E-state index in [-0.39, 0.29) is 23.3 Å². The number of carbonyl (C=O) groups excluding carboxylic acids is 1. The summed E-state index contributed by atoms with van der Waals surface area (Å²) in [5, 5.41) is 2.67. The maximum Gasteiger partial charge on any atom is 0.271 e. The summed E-state index contributed by atoms with van der Waals surface area (Å²) >= 11 is 5.70. The van der Waals surface area contributed by atoms with Gasteiger partial charge in [0.1, 0.15) is 5.02 Å². The predicted molar refractivity (Wildman–Crippen MR) is 61.7 cm³/mol. The number of nitrogens with one attached hydrogen (secondary N) is 2. The van der Waals surface area contributed by atoms with Crippen molar-refractivity contribution in [2.75, 3.05) is 25.5 Å². The van der Waals surface area contributed by atoms with Crippen LogP contribution < -0.4 is 10.9 Å². The quantitative estimate of drug-likeness (QED) is 0.799. The molecule has 0 unspecified atom stereocenters. The summed E-state index contributed by atoms with van der Waals surface area (Å²) < 4.78 is 0. The lowest BCUT2D eigenvalue weighted by molar-refractivity contribution is -0.127. The number of rotatable bonds is 4. The van der Waals surface area contributed by atoms with Crippen LogP contribution in [-0.2, 0) is 4.79 Å². The topological polar surface area (TPSA) is 78.1 Å². The van der Waals surface area contributed by atoms with E-state index in [0.29, 0.717) is 6.54 Å². The lowest BCUT2D eigenvalue weighted by atomic mass is 10.4. The van der Waals surface area contributed by atoms with E-state index in [4.69, 9.17) is 11.6 Å². The Balaban J connectivity index is 2.65. The Labute approximate surface area is 97.6 Å². The average molecular weight is 245 g/mol. The summed E-state index contributed by atoms with van der Waals surface area (Å²) in [6, 6.07) is 0. The molecule has 0 aliphatic heterocycles. The van der Waals surface area contributed by atoms with Crippen molar-refractivity contribution in [2.24, 2.45) is 0 Å². The van der Waals surface area contributed by atoms with E-state index in [1.807, 2.05) is 6.92 Å². The number of likely N-dealkylation sites (N-methyl/N-ethyl adjacent to an activating group) is 1. The van der Waals surface area contributed by atoms with Crippen LogP contribution in [0.15, 0.2) is 11.1 Å². The molecule has 1 aromatic rings. The highest BCUT2D eigenvalue weighted by molar-refractivity contribution is 6.32. The minimum atomic E-state index is -0.435. The van der Waals surface area contributed by atoms with E-state index < -0.39 is 5.56 Å². The molecule has 0 saturated heterocycles. The van der Waals surface area contributed by atoms with Gasteiger partial charge in [0.2, 0.25) is 5.91 Å². The lowest BCUT2D eigenvalue weighted by Gasteiger charge is -2.14. The van der Waals surface area contributed by atoms with Gasteiger partial charge in [0.15, 0.2) is 5.82 Å². The Morgan fingerprint density at radius 3 is 3.00 bits per heavy atom. The average Bonchev–Trinajstić information content (AvgIpc) is 2.29. The first kappa shape index (κ1) is 12.5. The molecule has 0 radical (unpaired) electrons. The first-order valence-corrected chi connectivity index (χ1v) is 5.15. The van der Waals surface area contributed by atoms with Crippen LogP contribution in [-0.4, -0.2) is 40.9 Å². The Bertz CT molecular complexity index is 432. The van der Waals surface area contributed by atoms with Crippen molar-refractivity contribution in [3.63, 3.8) is 0 Å². The van der Waals surface area contributed by atoms with Crippen LogP contribution in [0.1, 0.15) is 6.92 Å². The van der Waals surface area contributed by atoms with Crippen molar-refractivity contribution >= 4 is 23.3 Å². The number of halogens is 1. The molecule has 1 aromatic heterocycles. The molecule has 1 heterocycles. The maximum absolute atomic E-state index is 11.5. The van der Waals surface area contributed by atoms with Crippen molar-refractivity contribution in [1.29, 1.82) is 0 Å². The Kier molecular flexibility index (Phi) is 4.30. The zero-order valence-corrected chi connectivity index (χ0v) is 9.84. The summed E-state index contributed by atoms with van der Waals surface area (Å²) in [6.07, 6.45) is 1.23. The van der Waals surface area contributed by atoms with Gasteiger partial charge in [-0.3, -0.25) is 9.59 Å². The van der Waals surface area contributed by atoms with Crippen LogP contribution in [0.4, 0.5) is 5.82 Å². The van der Waals surface area contributed by atoms with E-state index in [0.717, 1.165) is 0 Å². The first-order valence-electron chi connectivity index (χ1n) is 4.77. The number of anilines is 1. The first-order chi connectivity index (χ1) is 7.56. The fourth-order valence-corrected chi connectivity index (χ4v) is 1.15. The van der Waals surface area contributed by atoms with Gasteiger partial charge in [-0.1, -0.05) is 11.6 Å². The second kappa shape index (κ2) is 5.50. The highest BCUT2D eigenvalue weighted by Gasteiger charge is 2.09. The van der Waals surface area contributed by atoms with E-state index in [2.05, 4.69) is 15.3 Å². The Hall–Kier alpha value is -1.56. The van der Waals surface area contributed by atoms with Crippen molar-refractivity contribution in [1.82, 2.24) is 14.9 Å². The summed E-state index contributed by atoms with van der Waals surface area (Å²) in [6.45, 7) is 2.55. The summed E-state index contributed by atoms with van der Waals surface area (Å²) in [5.74, 6) is 0.115. The molecule has 0 aliphatic carbocycles. The molecule has 7 heteroatoms. The monoisotopic (exact) mass is 244 g/mol. The Morgan fingerprint density at radius 1 is 1.69 bits per heavy atom. The minimum Gasteiger partial charge on any atom is -0.360 e. The van der Waals surface area contributed by atoms with Crippen molar-refractivity contribution in [3.05, 3.63) is 21.7 Å². The molecule has 0 saturated carbocycles. The van der Waals surface area contributed by atoms with Crippen LogP contribution in [0.25, 0.3) is 0 Å². The number of aromatic amines is 1. The van der Waals surface area contributed by atoms with Crippen LogP contribution in [0, 0.1) is 0 Å². The summed E-state index contributed by atoms with van der Waals surface area (Å²) in [7, 11) is 1.69. The van der Waals surface area contributed by atoms with Crippen LogP contribution >= 0.6 is 11.6 Å². The number of aromatic nitrogens is 2. The van der Waals surface area contributed by atoms with Gasteiger partial charge in [0.25, 0.3) is 5.56 Å². The summed E-state index contributed by atoms with van der Waals surface area (Å²) in [5.41, 5.74) is -0.435. The molecule has 0 atom stereocenters. The summed E-state index contributed by atoms with van der Waals surface area (Å²) in [4.78, 5) is 30.3. The fourth-order valence-electron chi connectivity index (χ4n) is 0.977. The number of H-pyrrole nitrogens is 1. The molecular formula is C9H13ClN4O2. The van der Waals surface area contributed by atoms with E-state index in [1.165, 1.54) is 6.33 Å². The van der Waals surface area contributed by atoms with Gasteiger partial charge in [-0.2, -0.15) is 0 Å². The van der Waals surface area contributed by atoms with Gasteiger partial charge in [-0.15, -0.1) is 0 Å². The third-order valence-corrected chi connectivity index (χ3v) is 2.45. The molecule has 0 fully saturated rings. The molecule has 0 bridgehead atoms. The lowest BCUT2D eigenvalue weighted by Crippen LogP contribution is -2.32. The van der Waals surface area contributed by atoms with Crippen molar-refractivity contribution < 1.29 is 4.79 Å². The van der Waals surface area contributed by atoms with Crippen LogP contribution in [0.2, 0.25) is 5.02 Å². The zero-order valence-electron chi connectivity index (χ0n) is 9.08. The van der Waals surface area contributed by atoms with Crippen LogP contribution in [0.3, 0.4) is 0 Å². The van der Waals surface area contributed by atoms with Crippen LogP contribution in [0.5, 0.6) is 0 Å². The SMILES string of the molecule is CCN(C)C(=O)CNc1nc[nH]c(=O)c1Cl. The standard InChI is InChI=1S/C9H13ClN4O2/c1-3-14(2)6(15)4-11-8-7(10)9(16)13-5-12-8/h5H,3-4H2,1-2H3,(H2,11,12,13,16). The zero-order chi connectivity index (χ0) is 12.1. The molecule has 0 spiro atoms. The molecule has 0 aliphatic rings. The third kappa shape index (κ3) is 2.96. The van der Waals surface area contributed by atoms with E-state index in [1.54, 1.807) is 11.9 Å². The largest absolute Gasteiger partial charge is 0.360 e. The second-order valence-corrected chi connectivity index (χ2v) is 3.53. The number of carbonyl (C=O) groups is 1. The molecular weight excluding hydrogens is 232 g/mol. The fraction of sp³-hybridized carbons (Fsp3) is 0.444.